The van der Waals surface area contributed by atoms with Gasteiger partial charge in [-0.2, -0.15) is 0 Å². The summed E-state index contributed by atoms with van der Waals surface area (Å²) in [7, 11) is 0. The summed E-state index contributed by atoms with van der Waals surface area (Å²) in [6.07, 6.45) is 0.683. The minimum absolute atomic E-state index is 0.447. The number of alkyl halides is 1. The smallest absolute Gasteiger partial charge is 0.148 e. The second-order valence-corrected chi connectivity index (χ2v) is 3.31. The second kappa shape index (κ2) is 4.48. The highest BCUT2D eigenvalue weighted by atomic mass is 32.2. The van der Waals surface area contributed by atoms with E-state index in [9.17, 15) is 4.39 Å². The molecule has 0 aliphatic carbocycles. The SMILES string of the molecule is CSc1cccc(C(F)CO)c1. The molecule has 0 fully saturated rings. The maximum Gasteiger partial charge on any atom is 0.148 e. The molecule has 0 radical (unpaired) electrons. The highest BCUT2D eigenvalue weighted by Crippen LogP contribution is 2.22. The molecule has 0 saturated carbocycles. The highest BCUT2D eigenvalue weighted by molar-refractivity contribution is 7.98. The molecule has 0 aromatic heterocycles. The molecule has 12 heavy (non-hydrogen) atoms. The topological polar surface area (TPSA) is 20.2 Å². The van der Waals surface area contributed by atoms with E-state index >= 15 is 0 Å². The summed E-state index contributed by atoms with van der Waals surface area (Å²) in [5.41, 5.74) is 0.546. The average molecular weight is 186 g/mol. The first-order chi connectivity index (χ1) is 5.77. The third-order valence-electron chi connectivity index (χ3n) is 1.62. The second-order valence-electron chi connectivity index (χ2n) is 2.43. The van der Waals surface area contributed by atoms with Crippen molar-refractivity contribution in [3.8, 4) is 0 Å². The van der Waals surface area contributed by atoms with Gasteiger partial charge in [0.25, 0.3) is 0 Å². The van der Waals surface area contributed by atoms with Crippen LogP contribution in [0.2, 0.25) is 0 Å². The van der Waals surface area contributed by atoms with E-state index in [0.717, 1.165) is 4.90 Å². The molecule has 0 aliphatic rings. The minimum Gasteiger partial charge on any atom is -0.393 e. The summed E-state index contributed by atoms with van der Waals surface area (Å²) in [4.78, 5) is 1.02. The Labute approximate surface area is 75.6 Å². The fraction of sp³-hybridized carbons (Fsp3) is 0.333. The summed E-state index contributed by atoms with van der Waals surface area (Å²) < 4.78 is 12.9. The predicted molar refractivity (Wildman–Crippen MR) is 49.2 cm³/mol. The normalized spacial score (nSPS) is 12.9. The van der Waals surface area contributed by atoms with Gasteiger partial charge in [0.05, 0.1) is 6.61 Å². The van der Waals surface area contributed by atoms with E-state index in [-0.39, 0.29) is 0 Å². The van der Waals surface area contributed by atoms with Crippen molar-refractivity contribution in [1.29, 1.82) is 0 Å². The van der Waals surface area contributed by atoms with Crippen LogP contribution in [-0.2, 0) is 0 Å². The van der Waals surface area contributed by atoms with Gasteiger partial charge in [0.15, 0.2) is 0 Å². The van der Waals surface area contributed by atoms with Crippen molar-refractivity contribution < 1.29 is 9.50 Å². The Balaban J connectivity index is 2.86. The third kappa shape index (κ3) is 2.22. The molecular weight excluding hydrogens is 175 g/mol. The number of halogens is 1. The number of hydrogen-bond acceptors (Lipinski definition) is 2. The first-order valence-corrected chi connectivity index (χ1v) is 4.89. The fourth-order valence-electron chi connectivity index (χ4n) is 0.942. The Kier molecular flexibility index (Phi) is 3.56. The lowest BCUT2D eigenvalue weighted by Crippen LogP contribution is -1.96. The highest BCUT2D eigenvalue weighted by Gasteiger charge is 2.07. The largest absolute Gasteiger partial charge is 0.393 e. The van der Waals surface area contributed by atoms with Gasteiger partial charge in [-0.15, -0.1) is 11.8 Å². The molecule has 1 aromatic rings. The molecule has 1 N–H and O–H groups in total. The van der Waals surface area contributed by atoms with Crippen molar-refractivity contribution in [2.45, 2.75) is 11.1 Å². The fourth-order valence-corrected chi connectivity index (χ4v) is 1.41. The van der Waals surface area contributed by atoms with Crippen molar-refractivity contribution in [2.24, 2.45) is 0 Å². The number of aliphatic hydroxyl groups excluding tert-OH is 1. The number of rotatable bonds is 3. The first-order valence-electron chi connectivity index (χ1n) is 3.67. The Morgan fingerprint density at radius 2 is 2.33 bits per heavy atom. The van der Waals surface area contributed by atoms with Gasteiger partial charge in [-0.1, -0.05) is 12.1 Å². The zero-order valence-corrected chi connectivity index (χ0v) is 7.64. The van der Waals surface area contributed by atoms with Gasteiger partial charge in [-0.05, 0) is 24.0 Å². The van der Waals surface area contributed by atoms with Crippen molar-refractivity contribution in [2.75, 3.05) is 12.9 Å². The summed E-state index contributed by atoms with van der Waals surface area (Å²) in [6, 6.07) is 7.15. The first kappa shape index (κ1) is 9.55. The Morgan fingerprint density at radius 3 is 2.92 bits per heavy atom. The lowest BCUT2D eigenvalue weighted by atomic mass is 10.1. The summed E-state index contributed by atoms with van der Waals surface area (Å²) in [6.45, 7) is -0.447. The molecule has 0 amide bonds. The van der Waals surface area contributed by atoms with Crippen LogP contribution in [0, 0.1) is 0 Å². The maximum absolute atomic E-state index is 12.9. The van der Waals surface area contributed by atoms with Crippen LogP contribution in [0.5, 0.6) is 0 Å². The minimum atomic E-state index is -1.25. The molecule has 1 rings (SSSR count). The Hall–Kier alpha value is -0.540. The molecule has 3 heteroatoms. The van der Waals surface area contributed by atoms with E-state index in [1.807, 2.05) is 12.3 Å². The molecule has 1 unspecified atom stereocenters. The Morgan fingerprint density at radius 1 is 1.58 bits per heavy atom. The van der Waals surface area contributed by atoms with Crippen LogP contribution in [0.4, 0.5) is 4.39 Å². The molecule has 0 bridgehead atoms. The van der Waals surface area contributed by atoms with E-state index in [1.165, 1.54) is 0 Å². The van der Waals surface area contributed by atoms with E-state index < -0.39 is 12.8 Å². The summed E-state index contributed by atoms with van der Waals surface area (Å²) in [5.74, 6) is 0. The lowest BCUT2D eigenvalue weighted by Gasteiger charge is -2.05. The zero-order chi connectivity index (χ0) is 8.97. The maximum atomic E-state index is 12.9. The van der Waals surface area contributed by atoms with Crippen LogP contribution in [-0.4, -0.2) is 18.0 Å². The van der Waals surface area contributed by atoms with Crippen LogP contribution in [0.3, 0.4) is 0 Å². The van der Waals surface area contributed by atoms with E-state index in [4.69, 9.17) is 5.11 Å². The number of thioether (sulfide) groups is 1. The van der Waals surface area contributed by atoms with Crippen LogP contribution in [0.15, 0.2) is 29.2 Å². The monoisotopic (exact) mass is 186 g/mol. The van der Waals surface area contributed by atoms with Crippen LogP contribution < -0.4 is 0 Å². The van der Waals surface area contributed by atoms with Crippen molar-refractivity contribution in [3.05, 3.63) is 29.8 Å². The Bertz CT molecular complexity index is 252. The average Bonchev–Trinajstić information content (AvgIpc) is 2.17. The number of hydrogen-bond donors (Lipinski definition) is 1. The van der Waals surface area contributed by atoms with E-state index in [0.29, 0.717) is 5.56 Å². The molecule has 1 atom stereocenters. The standard InChI is InChI=1S/C9H11FOS/c1-12-8-4-2-3-7(5-8)9(10)6-11/h2-5,9,11H,6H2,1H3. The lowest BCUT2D eigenvalue weighted by molar-refractivity contribution is 0.180. The molecule has 66 valence electrons. The third-order valence-corrected chi connectivity index (χ3v) is 2.34. The van der Waals surface area contributed by atoms with Crippen LogP contribution in [0.1, 0.15) is 11.7 Å². The predicted octanol–water partition coefficient (Wildman–Crippen LogP) is 2.41. The molecule has 0 spiro atoms. The van der Waals surface area contributed by atoms with Crippen molar-refractivity contribution >= 4 is 11.8 Å². The number of aliphatic hydroxyl groups is 1. The quantitative estimate of drug-likeness (QED) is 0.731. The van der Waals surface area contributed by atoms with E-state index in [2.05, 4.69) is 0 Å². The van der Waals surface area contributed by atoms with Gasteiger partial charge in [-0.3, -0.25) is 0 Å². The molecule has 0 aliphatic heterocycles. The van der Waals surface area contributed by atoms with Crippen molar-refractivity contribution in [3.63, 3.8) is 0 Å². The summed E-state index contributed by atoms with van der Waals surface area (Å²) >= 11 is 1.56. The molecule has 0 saturated heterocycles. The van der Waals surface area contributed by atoms with Crippen LogP contribution in [0.25, 0.3) is 0 Å². The zero-order valence-electron chi connectivity index (χ0n) is 6.83. The molecule has 1 aromatic carbocycles. The van der Waals surface area contributed by atoms with Gasteiger partial charge < -0.3 is 5.11 Å². The van der Waals surface area contributed by atoms with Crippen LogP contribution >= 0.6 is 11.8 Å². The van der Waals surface area contributed by atoms with Crippen molar-refractivity contribution in [1.82, 2.24) is 0 Å². The molecular formula is C9H11FOS. The summed E-state index contributed by atoms with van der Waals surface area (Å²) in [5, 5.41) is 8.57. The van der Waals surface area contributed by atoms with Gasteiger partial charge in [0.1, 0.15) is 6.17 Å². The van der Waals surface area contributed by atoms with Gasteiger partial charge >= 0.3 is 0 Å². The van der Waals surface area contributed by atoms with Gasteiger partial charge in [-0.25, -0.2) is 4.39 Å². The van der Waals surface area contributed by atoms with E-state index in [1.54, 1.807) is 30.0 Å². The van der Waals surface area contributed by atoms with Gasteiger partial charge in [0, 0.05) is 4.90 Å². The molecule has 0 heterocycles. The molecule has 1 nitrogen and oxygen atoms in total. The van der Waals surface area contributed by atoms with Gasteiger partial charge in [0.2, 0.25) is 0 Å². The number of benzene rings is 1.